The summed E-state index contributed by atoms with van der Waals surface area (Å²) in [6, 6.07) is 5.43. The van der Waals surface area contributed by atoms with Crippen LogP contribution in [-0.2, 0) is 11.3 Å². The largest absolute Gasteiger partial charge is 0.341 e. The maximum atomic E-state index is 12.5. The summed E-state index contributed by atoms with van der Waals surface area (Å²) in [6.07, 6.45) is 2.81. The van der Waals surface area contributed by atoms with Gasteiger partial charge in [0.2, 0.25) is 5.91 Å². The molecule has 8 heteroatoms. The number of aryl methyl sites for hydroxylation is 1. The number of amides is 1. The highest BCUT2D eigenvalue weighted by Crippen LogP contribution is 2.14. The molecule has 24 heavy (non-hydrogen) atoms. The Morgan fingerprint density at radius 2 is 2.12 bits per heavy atom. The van der Waals surface area contributed by atoms with Crippen molar-refractivity contribution in [3.8, 4) is 0 Å². The highest BCUT2D eigenvalue weighted by atomic mass is 79.9. The summed E-state index contributed by atoms with van der Waals surface area (Å²) in [4.78, 5) is 31.0. The van der Waals surface area contributed by atoms with E-state index in [-0.39, 0.29) is 23.9 Å². The molecule has 0 unspecified atom stereocenters. The molecule has 1 aromatic heterocycles. The monoisotopic (exact) mass is 414 g/mol. The number of hydrogen-bond acceptors (Lipinski definition) is 4. The molecule has 1 aromatic carbocycles. The topological polar surface area (TPSA) is 67.2 Å². The maximum Gasteiger partial charge on any atom is 0.261 e. The van der Waals surface area contributed by atoms with Crippen LogP contribution >= 0.6 is 28.3 Å². The number of hydrogen-bond donors (Lipinski definition) is 1. The molecular formula is C16H20BrClN4O2. The zero-order valence-corrected chi connectivity index (χ0v) is 15.6. The molecule has 3 rings (SSSR count). The summed E-state index contributed by atoms with van der Waals surface area (Å²) in [5.41, 5.74) is 0.556. The van der Waals surface area contributed by atoms with E-state index in [1.807, 2.05) is 11.0 Å². The van der Waals surface area contributed by atoms with Gasteiger partial charge in [-0.15, -0.1) is 12.4 Å². The maximum absolute atomic E-state index is 12.5. The van der Waals surface area contributed by atoms with Crippen LogP contribution in [0.15, 0.2) is 33.8 Å². The minimum absolute atomic E-state index is 0. The SMILES string of the molecule is Cl.O=C(CCn1cnc2ccc(Br)cc2c1=O)N1CCCNCC1. The molecule has 130 valence electrons. The quantitative estimate of drug-likeness (QED) is 0.830. The zero-order chi connectivity index (χ0) is 16.2. The van der Waals surface area contributed by atoms with Gasteiger partial charge >= 0.3 is 0 Å². The fraction of sp³-hybridized carbons (Fsp3) is 0.438. The van der Waals surface area contributed by atoms with Crippen molar-refractivity contribution < 1.29 is 4.79 Å². The number of nitrogens with zero attached hydrogens (tertiary/aromatic N) is 3. The molecule has 6 nitrogen and oxygen atoms in total. The summed E-state index contributed by atoms with van der Waals surface area (Å²) < 4.78 is 2.36. The molecule has 1 aliphatic heterocycles. The Morgan fingerprint density at radius 3 is 2.96 bits per heavy atom. The van der Waals surface area contributed by atoms with E-state index < -0.39 is 0 Å². The number of carbonyl (C=O) groups is 1. The summed E-state index contributed by atoms with van der Waals surface area (Å²) in [7, 11) is 0. The van der Waals surface area contributed by atoms with Crippen molar-refractivity contribution in [3.63, 3.8) is 0 Å². The molecule has 1 aliphatic rings. The molecule has 0 bridgehead atoms. The first kappa shape index (κ1) is 18.9. The number of fused-ring (bicyclic) bond motifs is 1. The van der Waals surface area contributed by atoms with Crippen LogP contribution in [0.2, 0.25) is 0 Å². The van der Waals surface area contributed by atoms with Crippen LogP contribution in [0.3, 0.4) is 0 Å². The van der Waals surface area contributed by atoms with Crippen LogP contribution in [0.5, 0.6) is 0 Å². The standard InChI is InChI=1S/C16H19BrN4O2.ClH/c17-12-2-3-14-13(10-12)16(23)21(11-19-14)8-4-15(22)20-7-1-5-18-6-9-20;/h2-3,10-11,18H,1,4-9H2;1H. The Hall–Kier alpha value is -1.44. The molecule has 0 saturated carbocycles. The predicted octanol–water partition coefficient (Wildman–Crippen LogP) is 1.79. The van der Waals surface area contributed by atoms with Gasteiger partial charge in [-0.1, -0.05) is 15.9 Å². The van der Waals surface area contributed by atoms with E-state index >= 15 is 0 Å². The summed E-state index contributed by atoms with van der Waals surface area (Å²) in [5.74, 6) is 0.0925. The van der Waals surface area contributed by atoms with Crippen molar-refractivity contribution in [3.05, 3.63) is 39.4 Å². The Kier molecular flexibility index (Phi) is 6.77. The minimum Gasteiger partial charge on any atom is -0.341 e. The van der Waals surface area contributed by atoms with Crippen molar-refractivity contribution in [2.24, 2.45) is 0 Å². The number of halogens is 2. The Labute approximate surface area is 154 Å². The Bertz CT molecular complexity index is 772. The van der Waals surface area contributed by atoms with Crippen molar-refractivity contribution in [1.82, 2.24) is 19.8 Å². The zero-order valence-electron chi connectivity index (χ0n) is 13.2. The van der Waals surface area contributed by atoms with Gasteiger partial charge in [0.15, 0.2) is 0 Å². The molecule has 0 radical (unpaired) electrons. The fourth-order valence-electron chi connectivity index (χ4n) is 2.76. The van der Waals surface area contributed by atoms with Gasteiger partial charge in [-0.2, -0.15) is 0 Å². The van der Waals surface area contributed by atoms with Gasteiger partial charge in [-0.3, -0.25) is 14.2 Å². The van der Waals surface area contributed by atoms with E-state index in [2.05, 4.69) is 26.2 Å². The second-order valence-electron chi connectivity index (χ2n) is 5.64. The van der Waals surface area contributed by atoms with Gasteiger partial charge < -0.3 is 10.2 Å². The van der Waals surface area contributed by atoms with E-state index in [0.29, 0.717) is 23.9 Å². The van der Waals surface area contributed by atoms with Crippen molar-refractivity contribution >= 4 is 45.1 Å². The molecular weight excluding hydrogens is 396 g/mol. The minimum atomic E-state index is -0.110. The van der Waals surface area contributed by atoms with E-state index in [4.69, 9.17) is 0 Å². The normalized spacial score (nSPS) is 15.0. The highest BCUT2D eigenvalue weighted by molar-refractivity contribution is 9.10. The first-order valence-corrected chi connectivity index (χ1v) is 8.57. The molecule has 1 fully saturated rings. The second kappa shape index (κ2) is 8.60. The molecule has 1 amide bonds. The number of nitrogens with one attached hydrogen (secondary N) is 1. The smallest absolute Gasteiger partial charge is 0.261 e. The fourth-order valence-corrected chi connectivity index (χ4v) is 3.12. The average Bonchev–Trinajstić information content (AvgIpc) is 2.84. The molecule has 2 heterocycles. The lowest BCUT2D eigenvalue weighted by molar-refractivity contribution is -0.131. The first-order valence-electron chi connectivity index (χ1n) is 7.78. The molecule has 1 saturated heterocycles. The number of aromatic nitrogens is 2. The lowest BCUT2D eigenvalue weighted by Crippen LogP contribution is -2.35. The average molecular weight is 416 g/mol. The molecule has 0 spiro atoms. The third-order valence-electron chi connectivity index (χ3n) is 4.05. The van der Waals surface area contributed by atoms with E-state index in [1.165, 1.54) is 10.9 Å². The van der Waals surface area contributed by atoms with Gasteiger partial charge in [-0.25, -0.2) is 4.98 Å². The second-order valence-corrected chi connectivity index (χ2v) is 6.55. The molecule has 0 atom stereocenters. The Morgan fingerprint density at radius 1 is 1.29 bits per heavy atom. The number of rotatable bonds is 3. The van der Waals surface area contributed by atoms with Crippen LogP contribution < -0.4 is 10.9 Å². The van der Waals surface area contributed by atoms with Gasteiger partial charge in [0.1, 0.15) is 0 Å². The number of benzene rings is 1. The summed E-state index contributed by atoms with van der Waals surface area (Å²) in [6.45, 7) is 3.65. The highest BCUT2D eigenvalue weighted by Gasteiger charge is 2.15. The van der Waals surface area contributed by atoms with Crippen LogP contribution in [0.1, 0.15) is 12.8 Å². The van der Waals surface area contributed by atoms with Gasteiger partial charge in [0, 0.05) is 37.1 Å². The van der Waals surface area contributed by atoms with Gasteiger partial charge in [0.25, 0.3) is 5.56 Å². The van der Waals surface area contributed by atoms with E-state index in [9.17, 15) is 9.59 Å². The van der Waals surface area contributed by atoms with Crippen LogP contribution in [0.25, 0.3) is 10.9 Å². The number of carbonyl (C=O) groups excluding carboxylic acids is 1. The summed E-state index contributed by atoms with van der Waals surface area (Å²) >= 11 is 3.37. The molecule has 0 aliphatic carbocycles. The van der Waals surface area contributed by atoms with Crippen LogP contribution in [-0.4, -0.2) is 46.5 Å². The van der Waals surface area contributed by atoms with Gasteiger partial charge in [0.05, 0.1) is 17.2 Å². The van der Waals surface area contributed by atoms with Gasteiger partial charge in [-0.05, 0) is 31.2 Å². The van der Waals surface area contributed by atoms with Crippen LogP contribution in [0, 0.1) is 0 Å². The third-order valence-corrected chi connectivity index (χ3v) is 4.54. The van der Waals surface area contributed by atoms with Crippen LogP contribution in [0.4, 0.5) is 0 Å². The molecule has 1 N–H and O–H groups in total. The van der Waals surface area contributed by atoms with Crippen molar-refractivity contribution in [2.45, 2.75) is 19.4 Å². The van der Waals surface area contributed by atoms with E-state index in [0.717, 1.165) is 37.1 Å². The van der Waals surface area contributed by atoms with E-state index in [1.54, 1.807) is 12.1 Å². The predicted molar refractivity (Wildman–Crippen MR) is 99.6 cm³/mol. The lowest BCUT2D eigenvalue weighted by atomic mass is 10.2. The Balaban J connectivity index is 0.00000208. The molecule has 2 aromatic rings. The summed E-state index contributed by atoms with van der Waals surface area (Å²) in [5, 5.41) is 3.84. The van der Waals surface area contributed by atoms with Crippen molar-refractivity contribution in [1.29, 1.82) is 0 Å². The van der Waals surface area contributed by atoms with Crippen molar-refractivity contribution in [2.75, 3.05) is 26.2 Å². The first-order chi connectivity index (χ1) is 11.1. The lowest BCUT2D eigenvalue weighted by Gasteiger charge is -2.20. The third kappa shape index (κ3) is 4.34.